The lowest BCUT2D eigenvalue weighted by atomic mass is 9.95. The summed E-state index contributed by atoms with van der Waals surface area (Å²) in [4.78, 5) is 10.9. The van der Waals surface area contributed by atoms with Crippen molar-refractivity contribution in [2.75, 3.05) is 0 Å². The fourth-order valence-electron chi connectivity index (χ4n) is 1.79. The molecular weight excluding hydrogens is 226 g/mol. The van der Waals surface area contributed by atoms with Crippen molar-refractivity contribution in [3.8, 4) is 0 Å². The van der Waals surface area contributed by atoms with Gasteiger partial charge in [0.2, 0.25) is 0 Å². The number of benzene rings is 1. The van der Waals surface area contributed by atoms with Crippen LogP contribution in [0.15, 0.2) is 18.2 Å². The molecule has 1 atom stereocenters. The van der Waals surface area contributed by atoms with Crippen LogP contribution in [-0.2, 0) is 11.2 Å². The van der Waals surface area contributed by atoms with Crippen molar-refractivity contribution in [3.05, 3.63) is 35.4 Å². The quantitative estimate of drug-likeness (QED) is 0.830. The van der Waals surface area contributed by atoms with E-state index in [1.807, 2.05) is 6.92 Å². The van der Waals surface area contributed by atoms with Gasteiger partial charge in [0.05, 0.1) is 5.92 Å². The van der Waals surface area contributed by atoms with Crippen molar-refractivity contribution in [2.45, 2.75) is 32.6 Å². The molecule has 1 aromatic rings. The second-order valence-electron chi connectivity index (χ2n) is 4.10. The van der Waals surface area contributed by atoms with E-state index in [0.717, 1.165) is 12.5 Å². The first-order valence-electron chi connectivity index (χ1n) is 5.71. The number of aliphatic carboxylic acids is 1. The maximum Gasteiger partial charge on any atom is 0.306 e. The van der Waals surface area contributed by atoms with Gasteiger partial charge < -0.3 is 5.11 Å². The van der Waals surface area contributed by atoms with Crippen LogP contribution < -0.4 is 0 Å². The van der Waals surface area contributed by atoms with E-state index in [0.29, 0.717) is 24.8 Å². The minimum Gasteiger partial charge on any atom is -0.481 e. The molecule has 17 heavy (non-hydrogen) atoms. The molecule has 0 heterocycles. The first-order valence-corrected chi connectivity index (χ1v) is 5.71. The van der Waals surface area contributed by atoms with Crippen LogP contribution in [-0.4, -0.2) is 11.1 Å². The van der Waals surface area contributed by atoms with Gasteiger partial charge in [0.1, 0.15) is 11.6 Å². The number of hydrogen-bond donors (Lipinski definition) is 1. The molecule has 0 aliphatic carbocycles. The highest BCUT2D eigenvalue weighted by Gasteiger charge is 2.16. The first kappa shape index (κ1) is 13.6. The standard InChI is InChI=1S/C13H16F2O2/c1-2-3-10(13(16)17)5-4-9-6-7-11(14)8-12(9)15/h6-8,10H,2-5H2,1H3,(H,16,17). The maximum absolute atomic E-state index is 13.3. The Morgan fingerprint density at radius 2 is 2.06 bits per heavy atom. The van der Waals surface area contributed by atoms with Gasteiger partial charge in [0.25, 0.3) is 0 Å². The van der Waals surface area contributed by atoms with Gasteiger partial charge in [-0.05, 0) is 30.9 Å². The lowest BCUT2D eigenvalue weighted by molar-refractivity contribution is -0.142. The summed E-state index contributed by atoms with van der Waals surface area (Å²) in [5.41, 5.74) is 0.369. The zero-order valence-electron chi connectivity index (χ0n) is 9.75. The summed E-state index contributed by atoms with van der Waals surface area (Å²) in [5.74, 6) is -2.53. The Hall–Kier alpha value is -1.45. The van der Waals surface area contributed by atoms with Crippen LogP contribution in [0.2, 0.25) is 0 Å². The molecule has 4 heteroatoms. The van der Waals surface area contributed by atoms with Crippen LogP contribution >= 0.6 is 0 Å². The third-order valence-electron chi connectivity index (χ3n) is 2.76. The van der Waals surface area contributed by atoms with Crippen molar-refractivity contribution in [2.24, 2.45) is 5.92 Å². The van der Waals surface area contributed by atoms with Crippen molar-refractivity contribution >= 4 is 5.97 Å². The molecule has 0 aromatic heterocycles. The number of rotatable bonds is 6. The summed E-state index contributed by atoms with van der Waals surface area (Å²) in [6.45, 7) is 1.91. The van der Waals surface area contributed by atoms with Gasteiger partial charge in [-0.15, -0.1) is 0 Å². The van der Waals surface area contributed by atoms with Gasteiger partial charge in [-0.3, -0.25) is 4.79 Å². The normalized spacial score (nSPS) is 12.4. The Labute approximate surface area is 99.3 Å². The first-order chi connectivity index (χ1) is 8.04. The lowest BCUT2D eigenvalue weighted by Crippen LogP contribution is -2.14. The highest BCUT2D eigenvalue weighted by molar-refractivity contribution is 5.69. The summed E-state index contributed by atoms with van der Waals surface area (Å²) in [6.07, 6.45) is 2.07. The largest absolute Gasteiger partial charge is 0.481 e. The molecular formula is C13H16F2O2. The highest BCUT2D eigenvalue weighted by Crippen LogP contribution is 2.18. The molecule has 0 radical (unpaired) electrons. The summed E-state index contributed by atoms with van der Waals surface area (Å²) in [5, 5.41) is 8.94. The molecule has 94 valence electrons. The third kappa shape index (κ3) is 4.13. The summed E-state index contributed by atoms with van der Waals surface area (Å²) >= 11 is 0. The summed E-state index contributed by atoms with van der Waals surface area (Å²) < 4.78 is 26.0. The van der Waals surface area contributed by atoms with E-state index in [9.17, 15) is 13.6 Å². The van der Waals surface area contributed by atoms with Crippen LogP contribution in [0.1, 0.15) is 31.7 Å². The minimum absolute atomic E-state index is 0.322. The van der Waals surface area contributed by atoms with Crippen LogP contribution in [0, 0.1) is 17.6 Å². The molecule has 1 N–H and O–H groups in total. The second kappa shape index (κ2) is 6.33. The minimum atomic E-state index is -0.852. The number of carboxylic acid groups (broad SMARTS) is 1. The van der Waals surface area contributed by atoms with E-state index in [1.165, 1.54) is 12.1 Å². The van der Waals surface area contributed by atoms with Crippen molar-refractivity contribution in [1.29, 1.82) is 0 Å². The predicted molar refractivity (Wildman–Crippen MR) is 60.7 cm³/mol. The molecule has 2 nitrogen and oxygen atoms in total. The molecule has 0 aliphatic rings. The maximum atomic E-state index is 13.3. The SMILES string of the molecule is CCCC(CCc1ccc(F)cc1F)C(=O)O. The average Bonchev–Trinajstić information content (AvgIpc) is 2.25. The second-order valence-corrected chi connectivity index (χ2v) is 4.10. The molecule has 0 aliphatic heterocycles. The van der Waals surface area contributed by atoms with E-state index in [-0.39, 0.29) is 0 Å². The van der Waals surface area contributed by atoms with Gasteiger partial charge >= 0.3 is 5.97 Å². The molecule has 0 amide bonds. The van der Waals surface area contributed by atoms with Crippen LogP contribution in [0.25, 0.3) is 0 Å². The molecule has 1 unspecified atom stereocenters. The van der Waals surface area contributed by atoms with E-state index >= 15 is 0 Å². The smallest absolute Gasteiger partial charge is 0.306 e. The molecule has 1 rings (SSSR count). The summed E-state index contributed by atoms with van der Waals surface area (Å²) in [7, 11) is 0. The molecule has 0 saturated heterocycles. The van der Waals surface area contributed by atoms with Gasteiger partial charge in [-0.2, -0.15) is 0 Å². The Morgan fingerprint density at radius 1 is 1.35 bits per heavy atom. The van der Waals surface area contributed by atoms with E-state index in [4.69, 9.17) is 5.11 Å². The molecule has 0 bridgehead atoms. The van der Waals surface area contributed by atoms with Gasteiger partial charge in [0, 0.05) is 6.07 Å². The van der Waals surface area contributed by atoms with E-state index < -0.39 is 23.5 Å². The fourth-order valence-corrected chi connectivity index (χ4v) is 1.79. The molecule has 0 saturated carbocycles. The average molecular weight is 242 g/mol. The number of halogens is 2. The van der Waals surface area contributed by atoms with Crippen LogP contribution in [0.4, 0.5) is 8.78 Å². The fraction of sp³-hybridized carbons (Fsp3) is 0.462. The highest BCUT2D eigenvalue weighted by atomic mass is 19.1. The number of aryl methyl sites for hydroxylation is 1. The van der Waals surface area contributed by atoms with Gasteiger partial charge in [-0.1, -0.05) is 19.4 Å². The Balaban J connectivity index is 2.62. The Morgan fingerprint density at radius 3 is 2.59 bits per heavy atom. The monoisotopic (exact) mass is 242 g/mol. The number of carboxylic acids is 1. The third-order valence-corrected chi connectivity index (χ3v) is 2.76. The number of hydrogen-bond acceptors (Lipinski definition) is 1. The zero-order chi connectivity index (χ0) is 12.8. The van der Waals surface area contributed by atoms with E-state index in [2.05, 4.69) is 0 Å². The lowest BCUT2D eigenvalue weighted by Gasteiger charge is -2.11. The Bertz CT molecular complexity index is 391. The summed E-state index contributed by atoms with van der Waals surface area (Å²) in [6, 6.07) is 3.38. The Kier molecular flexibility index (Phi) is 5.07. The van der Waals surface area contributed by atoms with Gasteiger partial charge in [-0.25, -0.2) is 8.78 Å². The zero-order valence-corrected chi connectivity index (χ0v) is 9.75. The molecule has 0 fully saturated rings. The topological polar surface area (TPSA) is 37.3 Å². The van der Waals surface area contributed by atoms with Gasteiger partial charge in [0.15, 0.2) is 0 Å². The van der Waals surface area contributed by atoms with Crippen LogP contribution in [0.3, 0.4) is 0 Å². The van der Waals surface area contributed by atoms with Crippen molar-refractivity contribution in [1.82, 2.24) is 0 Å². The predicted octanol–water partition coefficient (Wildman–Crippen LogP) is 3.40. The van der Waals surface area contributed by atoms with Crippen LogP contribution in [0.5, 0.6) is 0 Å². The van der Waals surface area contributed by atoms with E-state index in [1.54, 1.807) is 0 Å². The molecule has 1 aromatic carbocycles. The number of carbonyl (C=O) groups is 1. The molecule has 0 spiro atoms. The van der Waals surface area contributed by atoms with Crippen molar-refractivity contribution < 1.29 is 18.7 Å². The van der Waals surface area contributed by atoms with Crippen molar-refractivity contribution in [3.63, 3.8) is 0 Å².